The van der Waals surface area contributed by atoms with E-state index in [0.29, 0.717) is 27.1 Å². The Morgan fingerprint density at radius 3 is 2.79 bits per heavy atom. The van der Waals surface area contributed by atoms with E-state index in [1.165, 1.54) is 16.0 Å². The first kappa shape index (κ1) is 16.5. The van der Waals surface area contributed by atoms with Gasteiger partial charge < -0.3 is 5.32 Å². The highest BCUT2D eigenvalue weighted by atomic mass is 35.5. The van der Waals surface area contributed by atoms with Crippen LogP contribution in [0.4, 0.5) is 5.69 Å². The minimum atomic E-state index is -0.301. The molecule has 2 N–H and O–H groups in total. The second kappa shape index (κ2) is 6.62. The van der Waals surface area contributed by atoms with Gasteiger partial charge in [-0.1, -0.05) is 23.7 Å². The van der Waals surface area contributed by atoms with Crippen LogP contribution in [0, 0.1) is 13.8 Å². The molecule has 24 heavy (non-hydrogen) atoms. The smallest absolute Gasteiger partial charge is 0.277 e. The second-order valence-corrected chi connectivity index (χ2v) is 6.58. The third kappa shape index (κ3) is 3.27. The summed E-state index contributed by atoms with van der Waals surface area (Å²) >= 11 is 7.39. The maximum absolute atomic E-state index is 12.5. The van der Waals surface area contributed by atoms with E-state index in [-0.39, 0.29) is 17.9 Å². The number of benzene rings is 1. The van der Waals surface area contributed by atoms with Crippen LogP contribution >= 0.6 is 22.9 Å². The van der Waals surface area contributed by atoms with Crippen LogP contribution in [0.5, 0.6) is 0 Å². The average Bonchev–Trinajstić information content (AvgIpc) is 3.08. The number of para-hydroxylation sites is 1. The van der Waals surface area contributed by atoms with Crippen LogP contribution in [0.1, 0.15) is 17.0 Å². The van der Waals surface area contributed by atoms with Gasteiger partial charge in [0.15, 0.2) is 0 Å². The quantitative estimate of drug-likeness (QED) is 0.748. The van der Waals surface area contributed by atoms with Crippen LogP contribution in [0.2, 0.25) is 5.02 Å². The Bertz CT molecular complexity index is 957. The van der Waals surface area contributed by atoms with Crippen molar-refractivity contribution in [1.29, 1.82) is 0 Å². The molecule has 0 saturated carbocycles. The van der Waals surface area contributed by atoms with E-state index in [0.717, 1.165) is 5.69 Å². The predicted octanol–water partition coefficient (Wildman–Crippen LogP) is 3.07. The van der Waals surface area contributed by atoms with Gasteiger partial charge in [0.05, 0.1) is 22.8 Å². The Balaban J connectivity index is 1.83. The van der Waals surface area contributed by atoms with E-state index in [4.69, 9.17) is 11.6 Å². The summed E-state index contributed by atoms with van der Waals surface area (Å²) in [6, 6.07) is 6.96. The van der Waals surface area contributed by atoms with Crippen molar-refractivity contribution in [3.8, 4) is 5.13 Å². The van der Waals surface area contributed by atoms with Gasteiger partial charge in [-0.3, -0.25) is 14.7 Å². The highest BCUT2D eigenvalue weighted by Gasteiger charge is 2.17. The molecule has 0 spiro atoms. The number of thiazole rings is 1. The van der Waals surface area contributed by atoms with Gasteiger partial charge in [-0.15, -0.1) is 11.3 Å². The minimum Gasteiger partial charge on any atom is -0.324 e. The summed E-state index contributed by atoms with van der Waals surface area (Å²) < 4.78 is 1.37. The Labute approximate surface area is 147 Å². The Morgan fingerprint density at radius 2 is 2.12 bits per heavy atom. The summed E-state index contributed by atoms with van der Waals surface area (Å²) in [7, 11) is 0. The van der Waals surface area contributed by atoms with Crippen LogP contribution in [0.25, 0.3) is 5.13 Å². The first-order valence-corrected chi connectivity index (χ1v) is 8.49. The molecule has 0 aliphatic heterocycles. The summed E-state index contributed by atoms with van der Waals surface area (Å²) in [6.07, 6.45) is -0.0379. The van der Waals surface area contributed by atoms with Crippen molar-refractivity contribution in [1.82, 2.24) is 14.8 Å². The maximum Gasteiger partial charge on any atom is 0.277 e. The van der Waals surface area contributed by atoms with E-state index in [2.05, 4.69) is 15.4 Å². The highest BCUT2D eigenvalue weighted by Crippen LogP contribution is 2.20. The van der Waals surface area contributed by atoms with Gasteiger partial charge in [0, 0.05) is 16.6 Å². The van der Waals surface area contributed by atoms with Crippen molar-refractivity contribution in [2.45, 2.75) is 20.3 Å². The van der Waals surface area contributed by atoms with Crippen LogP contribution in [-0.2, 0) is 11.2 Å². The molecule has 0 bridgehead atoms. The average molecular weight is 363 g/mol. The Hall–Kier alpha value is -2.38. The van der Waals surface area contributed by atoms with E-state index < -0.39 is 0 Å². The van der Waals surface area contributed by atoms with Crippen molar-refractivity contribution in [2.24, 2.45) is 0 Å². The lowest BCUT2D eigenvalue weighted by atomic mass is 10.2. The molecule has 0 aliphatic carbocycles. The number of aromatic amines is 1. The SMILES string of the molecule is Cc1csc(-n2[nH]c(C)c(CC(=O)Nc3ccccc3Cl)c2=O)n1. The third-order valence-corrected chi connectivity index (χ3v) is 4.75. The second-order valence-electron chi connectivity index (χ2n) is 5.33. The first-order chi connectivity index (χ1) is 11.5. The number of anilines is 1. The predicted molar refractivity (Wildman–Crippen MR) is 95.3 cm³/mol. The topological polar surface area (TPSA) is 79.8 Å². The lowest BCUT2D eigenvalue weighted by molar-refractivity contribution is -0.115. The molecule has 1 aromatic carbocycles. The van der Waals surface area contributed by atoms with Crippen molar-refractivity contribution in [3.05, 3.63) is 62.0 Å². The fourth-order valence-corrected chi connectivity index (χ4v) is 3.23. The number of nitrogens with zero attached hydrogens (tertiary/aromatic N) is 2. The molecule has 6 nitrogen and oxygen atoms in total. The lowest BCUT2D eigenvalue weighted by Gasteiger charge is -2.06. The number of H-pyrrole nitrogens is 1. The monoisotopic (exact) mass is 362 g/mol. The van der Waals surface area contributed by atoms with Crippen LogP contribution in [-0.4, -0.2) is 20.7 Å². The summed E-state index contributed by atoms with van der Waals surface area (Å²) in [4.78, 5) is 29.1. The Kier molecular flexibility index (Phi) is 4.55. The van der Waals surface area contributed by atoms with E-state index >= 15 is 0 Å². The van der Waals surface area contributed by atoms with E-state index in [9.17, 15) is 9.59 Å². The van der Waals surface area contributed by atoms with Gasteiger partial charge in [0.25, 0.3) is 5.56 Å². The van der Waals surface area contributed by atoms with Crippen molar-refractivity contribution >= 4 is 34.5 Å². The fourth-order valence-electron chi connectivity index (χ4n) is 2.29. The molecular weight excluding hydrogens is 348 g/mol. The van der Waals surface area contributed by atoms with Crippen molar-refractivity contribution < 1.29 is 4.79 Å². The zero-order valence-electron chi connectivity index (χ0n) is 13.1. The first-order valence-electron chi connectivity index (χ1n) is 7.23. The molecule has 0 saturated heterocycles. The molecule has 1 amide bonds. The summed E-state index contributed by atoms with van der Waals surface area (Å²) in [6.45, 7) is 3.62. The van der Waals surface area contributed by atoms with E-state index in [1.807, 2.05) is 12.3 Å². The molecule has 2 heterocycles. The van der Waals surface area contributed by atoms with E-state index in [1.54, 1.807) is 31.2 Å². The number of amides is 1. The fraction of sp³-hybridized carbons (Fsp3) is 0.188. The molecule has 2 aromatic heterocycles. The lowest BCUT2D eigenvalue weighted by Crippen LogP contribution is -2.22. The van der Waals surface area contributed by atoms with Gasteiger partial charge >= 0.3 is 0 Å². The molecule has 124 valence electrons. The number of carbonyl (C=O) groups is 1. The zero-order chi connectivity index (χ0) is 17.3. The number of hydrogen-bond donors (Lipinski definition) is 2. The molecule has 0 radical (unpaired) electrons. The highest BCUT2D eigenvalue weighted by molar-refractivity contribution is 7.12. The number of aromatic nitrogens is 3. The van der Waals surface area contributed by atoms with Gasteiger partial charge in [-0.2, -0.15) is 4.68 Å². The van der Waals surface area contributed by atoms with Crippen molar-refractivity contribution in [2.75, 3.05) is 5.32 Å². The Morgan fingerprint density at radius 1 is 1.38 bits per heavy atom. The summed E-state index contributed by atoms with van der Waals surface area (Å²) in [5, 5.41) is 8.56. The van der Waals surface area contributed by atoms with Crippen molar-refractivity contribution in [3.63, 3.8) is 0 Å². The molecule has 0 aliphatic rings. The molecule has 0 atom stereocenters. The standard InChI is InChI=1S/C16H15ClN4O2S/c1-9-8-24-16(18-9)21-15(23)11(10(2)20-21)7-14(22)19-13-6-4-3-5-12(13)17/h3-6,8,20H,7H2,1-2H3,(H,19,22). The number of rotatable bonds is 4. The largest absolute Gasteiger partial charge is 0.324 e. The maximum atomic E-state index is 12.5. The third-order valence-electron chi connectivity index (χ3n) is 3.48. The number of hydrogen-bond acceptors (Lipinski definition) is 4. The van der Waals surface area contributed by atoms with Crippen LogP contribution in [0.15, 0.2) is 34.4 Å². The van der Waals surface area contributed by atoms with Gasteiger partial charge in [0.2, 0.25) is 11.0 Å². The molecule has 3 aromatic rings. The molecule has 8 heteroatoms. The number of halogens is 1. The molecule has 0 unspecified atom stereocenters. The van der Waals surface area contributed by atoms with Gasteiger partial charge in [0.1, 0.15) is 0 Å². The van der Waals surface area contributed by atoms with Gasteiger partial charge in [-0.05, 0) is 26.0 Å². The summed E-state index contributed by atoms with van der Waals surface area (Å²) in [5.74, 6) is -0.301. The summed E-state index contributed by atoms with van der Waals surface area (Å²) in [5.41, 5.74) is 2.14. The molecule has 0 fully saturated rings. The number of carbonyl (C=O) groups excluding carboxylic acids is 1. The number of nitrogens with one attached hydrogen (secondary N) is 2. The van der Waals surface area contributed by atoms with Gasteiger partial charge in [-0.25, -0.2) is 4.98 Å². The molecule has 3 rings (SSSR count). The number of aryl methyl sites for hydroxylation is 2. The minimum absolute atomic E-state index is 0.0379. The van der Waals surface area contributed by atoms with Crippen LogP contribution < -0.4 is 10.9 Å². The van der Waals surface area contributed by atoms with Crippen LogP contribution in [0.3, 0.4) is 0 Å². The normalized spacial score (nSPS) is 10.8. The zero-order valence-corrected chi connectivity index (χ0v) is 14.7. The molecular formula is C16H15ClN4O2S.